The first-order valence-electron chi connectivity index (χ1n) is 3.60. The van der Waals surface area contributed by atoms with Crippen molar-refractivity contribution in [3.05, 3.63) is 28.8 Å². The summed E-state index contributed by atoms with van der Waals surface area (Å²) in [6.45, 7) is 2.49. The van der Waals surface area contributed by atoms with E-state index in [9.17, 15) is 0 Å². The molecule has 0 saturated carbocycles. The molecule has 0 spiro atoms. The Kier molecular flexibility index (Phi) is 2.95. The zero-order chi connectivity index (χ0) is 8.97. The molecule has 62 valence electrons. The maximum atomic E-state index is 8.56. The van der Waals surface area contributed by atoms with Crippen molar-refractivity contribution >= 4 is 11.6 Å². The minimum absolute atomic E-state index is 0.434. The normalized spacial score (nSPS) is 9.08. The monoisotopic (exact) mass is 181 g/mol. The van der Waals surface area contributed by atoms with Gasteiger partial charge in [-0.25, -0.2) is 0 Å². The first-order valence-corrected chi connectivity index (χ1v) is 3.98. The molecule has 0 aliphatic carbocycles. The van der Waals surface area contributed by atoms with E-state index in [2.05, 4.69) is 0 Å². The van der Waals surface area contributed by atoms with Crippen molar-refractivity contribution in [3.63, 3.8) is 0 Å². The molecule has 1 aromatic carbocycles. The van der Waals surface area contributed by atoms with Crippen LogP contribution in [0.5, 0.6) is 5.75 Å². The topological polar surface area (TPSA) is 33.0 Å². The summed E-state index contributed by atoms with van der Waals surface area (Å²) in [4.78, 5) is 0. The maximum absolute atomic E-state index is 8.56. The summed E-state index contributed by atoms with van der Waals surface area (Å²) in [5.41, 5.74) is 0.472. The highest BCUT2D eigenvalue weighted by molar-refractivity contribution is 6.31. The Hall–Kier alpha value is -1.20. The molecular weight excluding hydrogens is 174 g/mol. The lowest BCUT2D eigenvalue weighted by atomic mass is 10.2. The lowest BCUT2D eigenvalue weighted by Crippen LogP contribution is -1.91. The fraction of sp³-hybridized carbons (Fsp3) is 0.222. The van der Waals surface area contributed by atoms with E-state index in [0.29, 0.717) is 22.9 Å². The molecule has 0 aliphatic rings. The van der Waals surface area contributed by atoms with E-state index in [1.54, 1.807) is 18.2 Å². The number of hydrogen-bond donors (Lipinski definition) is 0. The van der Waals surface area contributed by atoms with E-state index in [0.717, 1.165) is 0 Å². The van der Waals surface area contributed by atoms with Crippen molar-refractivity contribution in [2.45, 2.75) is 6.92 Å². The van der Waals surface area contributed by atoms with Crippen LogP contribution in [0.1, 0.15) is 12.5 Å². The molecule has 0 fully saturated rings. The van der Waals surface area contributed by atoms with Gasteiger partial charge in [0.05, 0.1) is 17.2 Å². The number of ether oxygens (including phenoxy) is 1. The van der Waals surface area contributed by atoms with Gasteiger partial charge in [-0.2, -0.15) is 5.26 Å². The molecule has 0 unspecified atom stereocenters. The van der Waals surface area contributed by atoms with E-state index in [1.165, 1.54) is 0 Å². The Morgan fingerprint density at radius 3 is 2.83 bits per heavy atom. The molecule has 0 N–H and O–H groups in total. The third-order valence-corrected chi connectivity index (χ3v) is 1.68. The van der Waals surface area contributed by atoms with Crippen LogP contribution in [-0.2, 0) is 0 Å². The van der Waals surface area contributed by atoms with Gasteiger partial charge < -0.3 is 4.74 Å². The lowest BCUT2D eigenvalue weighted by molar-refractivity contribution is 0.340. The number of halogens is 1. The van der Waals surface area contributed by atoms with E-state index >= 15 is 0 Å². The molecule has 0 heterocycles. The SMILES string of the molecule is CCOc1ccc(C#N)c(Cl)c1. The molecule has 1 rings (SSSR count). The molecule has 0 saturated heterocycles. The van der Waals surface area contributed by atoms with Gasteiger partial charge in [-0.1, -0.05) is 11.6 Å². The quantitative estimate of drug-likeness (QED) is 0.703. The first kappa shape index (κ1) is 8.89. The predicted molar refractivity (Wildman–Crippen MR) is 47.3 cm³/mol. The summed E-state index contributed by atoms with van der Waals surface area (Å²) in [6, 6.07) is 7.00. The van der Waals surface area contributed by atoms with Crippen LogP contribution in [0.3, 0.4) is 0 Å². The van der Waals surface area contributed by atoms with E-state index in [1.807, 2.05) is 13.0 Å². The van der Waals surface area contributed by atoms with E-state index in [-0.39, 0.29) is 0 Å². The summed E-state index contributed by atoms with van der Waals surface area (Å²) in [5, 5.41) is 9.00. The molecule has 0 amide bonds. The number of hydrogen-bond acceptors (Lipinski definition) is 2. The Bertz CT molecular complexity index is 317. The second-order valence-electron chi connectivity index (χ2n) is 2.19. The van der Waals surface area contributed by atoms with Crippen LogP contribution in [0.25, 0.3) is 0 Å². The number of benzene rings is 1. The van der Waals surface area contributed by atoms with Crippen molar-refractivity contribution in [3.8, 4) is 11.8 Å². The largest absolute Gasteiger partial charge is 0.494 e. The fourth-order valence-corrected chi connectivity index (χ4v) is 1.06. The summed E-state index contributed by atoms with van der Waals surface area (Å²) in [5.74, 6) is 0.696. The Labute approximate surface area is 76.3 Å². The third-order valence-electron chi connectivity index (χ3n) is 1.37. The van der Waals surface area contributed by atoms with Gasteiger partial charge in [0, 0.05) is 6.07 Å². The van der Waals surface area contributed by atoms with Crippen LogP contribution >= 0.6 is 11.6 Å². The lowest BCUT2D eigenvalue weighted by Gasteiger charge is -2.02. The van der Waals surface area contributed by atoms with Gasteiger partial charge in [0.25, 0.3) is 0 Å². The Balaban J connectivity index is 2.96. The van der Waals surface area contributed by atoms with Crippen LogP contribution in [0.15, 0.2) is 18.2 Å². The van der Waals surface area contributed by atoms with Gasteiger partial charge >= 0.3 is 0 Å². The van der Waals surface area contributed by atoms with Crippen LogP contribution in [-0.4, -0.2) is 6.61 Å². The van der Waals surface area contributed by atoms with Crippen LogP contribution < -0.4 is 4.74 Å². The number of nitrogens with zero attached hydrogens (tertiary/aromatic N) is 1. The van der Waals surface area contributed by atoms with Crippen LogP contribution in [0, 0.1) is 11.3 Å². The van der Waals surface area contributed by atoms with Gasteiger partial charge in [0.15, 0.2) is 0 Å². The third kappa shape index (κ3) is 1.90. The first-order chi connectivity index (χ1) is 5.77. The summed E-state index contributed by atoms with van der Waals surface area (Å²) < 4.78 is 5.19. The van der Waals surface area contributed by atoms with Crippen LogP contribution in [0.2, 0.25) is 5.02 Å². The average Bonchev–Trinajstić information content (AvgIpc) is 2.05. The minimum Gasteiger partial charge on any atom is -0.494 e. The molecule has 0 bridgehead atoms. The highest BCUT2D eigenvalue weighted by Gasteiger charge is 2.00. The van der Waals surface area contributed by atoms with Crippen molar-refractivity contribution < 1.29 is 4.74 Å². The number of nitriles is 1. The molecule has 0 atom stereocenters. The second kappa shape index (κ2) is 3.99. The fourth-order valence-electron chi connectivity index (χ4n) is 0.843. The second-order valence-corrected chi connectivity index (χ2v) is 2.59. The van der Waals surface area contributed by atoms with Crippen molar-refractivity contribution in [2.24, 2.45) is 0 Å². The molecule has 1 aromatic rings. The zero-order valence-corrected chi connectivity index (χ0v) is 7.43. The molecular formula is C9H8ClNO. The van der Waals surface area contributed by atoms with Crippen LogP contribution in [0.4, 0.5) is 0 Å². The molecule has 0 aliphatic heterocycles. The minimum atomic E-state index is 0.434. The zero-order valence-electron chi connectivity index (χ0n) is 6.67. The summed E-state index contributed by atoms with van der Waals surface area (Å²) in [7, 11) is 0. The average molecular weight is 182 g/mol. The van der Waals surface area contributed by atoms with Gasteiger partial charge in [-0.05, 0) is 19.1 Å². The van der Waals surface area contributed by atoms with Gasteiger partial charge in [0.2, 0.25) is 0 Å². The summed E-state index contributed by atoms with van der Waals surface area (Å²) in [6.07, 6.45) is 0. The summed E-state index contributed by atoms with van der Waals surface area (Å²) >= 11 is 5.76. The van der Waals surface area contributed by atoms with Crippen molar-refractivity contribution in [2.75, 3.05) is 6.61 Å². The smallest absolute Gasteiger partial charge is 0.120 e. The Morgan fingerprint density at radius 2 is 2.33 bits per heavy atom. The standard InChI is InChI=1S/C9H8ClNO/c1-2-12-8-4-3-7(6-11)9(10)5-8/h3-5H,2H2,1H3. The predicted octanol–water partition coefficient (Wildman–Crippen LogP) is 2.61. The van der Waals surface area contributed by atoms with E-state index in [4.69, 9.17) is 21.6 Å². The van der Waals surface area contributed by atoms with Gasteiger partial charge in [-0.15, -0.1) is 0 Å². The van der Waals surface area contributed by atoms with Gasteiger partial charge in [-0.3, -0.25) is 0 Å². The molecule has 3 heteroatoms. The molecule has 0 aromatic heterocycles. The highest BCUT2D eigenvalue weighted by atomic mass is 35.5. The molecule has 12 heavy (non-hydrogen) atoms. The highest BCUT2D eigenvalue weighted by Crippen LogP contribution is 2.21. The Morgan fingerprint density at radius 1 is 1.58 bits per heavy atom. The molecule has 2 nitrogen and oxygen atoms in total. The maximum Gasteiger partial charge on any atom is 0.120 e. The van der Waals surface area contributed by atoms with Gasteiger partial charge in [0.1, 0.15) is 11.8 Å². The van der Waals surface area contributed by atoms with E-state index < -0.39 is 0 Å². The van der Waals surface area contributed by atoms with Crippen molar-refractivity contribution in [1.82, 2.24) is 0 Å². The van der Waals surface area contributed by atoms with Crippen molar-refractivity contribution in [1.29, 1.82) is 5.26 Å². The number of rotatable bonds is 2. The molecule has 0 radical (unpaired) electrons.